The first kappa shape index (κ1) is 32.0. The second-order valence-electron chi connectivity index (χ2n) is 4.93. The van der Waals surface area contributed by atoms with Gasteiger partial charge in [-0.05, 0) is 19.3 Å². The van der Waals surface area contributed by atoms with Gasteiger partial charge in [-0.25, -0.2) is 0 Å². The topological polar surface area (TPSA) is 193 Å². The maximum absolute atomic E-state index is 9.60. The molecule has 26 heavy (non-hydrogen) atoms. The molecule has 0 rings (SSSR count). The smallest absolute Gasteiger partial charge is 0.303 e. The first-order valence-corrected chi connectivity index (χ1v) is 8.26. The van der Waals surface area contributed by atoms with E-state index in [1.54, 1.807) is 0 Å². The highest BCUT2D eigenvalue weighted by Gasteiger charge is 2.12. The van der Waals surface area contributed by atoms with Crippen LogP contribution in [0.5, 0.6) is 0 Å². The molecule has 0 unspecified atom stereocenters. The summed E-state index contributed by atoms with van der Waals surface area (Å²) in [6.45, 7) is 4.47. The molecule has 0 aromatic rings. The third kappa shape index (κ3) is 43.2. The molecule has 7 N–H and O–H groups in total. The first-order valence-electron chi connectivity index (χ1n) is 8.26. The van der Waals surface area contributed by atoms with Gasteiger partial charge in [0.15, 0.2) is 0 Å². The second kappa shape index (κ2) is 25.5. The Hall–Kier alpha value is -1.75. The van der Waals surface area contributed by atoms with E-state index in [2.05, 4.69) is 0 Å². The van der Waals surface area contributed by atoms with Crippen LogP contribution in [0.25, 0.3) is 0 Å². The fourth-order valence-electron chi connectivity index (χ4n) is 0.885. The molecule has 0 aromatic heterocycles. The van der Waals surface area contributed by atoms with Crippen molar-refractivity contribution in [2.24, 2.45) is 0 Å². The van der Waals surface area contributed by atoms with Gasteiger partial charge in [0.05, 0.1) is 13.2 Å². The number of hydrogen-bond acceptors (Lipinski definition) is 7. The fourth-order valence-corrected chi connectivity index (χ4v) is 0.885. The zero-order chi connectivity index (χ0) is 21.5. The second-order valence-corrected chi connectivity index (χ2v) is 4.93. The molecule has 10 heteroatoms. The minimum atomic E-state index is -1.22. The van der Waals surface area contributed by atoms with Gasteiger partial charge in [-0.1, -0.05) is 20.8 Å². The summed E-state index contributed by atoms with van der Waals surface area (Å²) in [7, 11) is 0. The number of carboxylic acid groups (broad SMARTS) is 3. The summed E-state index contributed by atoms with van der Waals surface area (Å²) in [6, 6.07) is 0. The van der Waals surface area contributed by atoms with Crippen LogP contribution in [0.4, 0.5) is 0 Å². The summed E-state index contributed by atoms with van der Waals surface area (Å²) in [4.78, 5) is 28.8. The highest BCUT2D eigenvalue weighted by molar-refractivity contribution is 5.67. The van der Waals surface area contributed by atoms with E-state index in [-0.39, 0.29) is 0 Å². The summed E-state index contributed by atoms with van der Waals surface area (Å²) >= 11 is 0. The molecule has 0 aliphatic rings. The molecule has 0 bridgehead atoms. The monoisotopic (exact) mass is 386 g/mol. The number of aliphatic carboxylic acids is 3. The van der Waals surface area contributed by atoms with Gasteiger partial charge in [0, 0.05) is 19.3 Å². The van der Waals surface area contributed by atoms with E-state index in [0.717, 1.165) is 19.3 Å². The predicted octanol–water partition coefficient (Wildman–Crippen LogP) is 0.306. The zero-order valence-corrected chi connectivity index (χ0v) is 15.7. The normalized spacial score (nSPS) is 11.2. The number of hydrogen-bond donors (Lipinski definition) is 7. The molecular weight excluding hydrogens is 352 g/mol. The third-order valence-corrected chi connectivity index (χ3v) is 2.21. The molecule has 10 nitrogen and oxygen atoms in total. The van der Waals surface area contributed by atoms with Crippen LogP contribution in [-0.4, -0.2) is 79.1 Å². The van der Waals surface area contributed by atoms with E-state index < -0.39 is 43.3 Å². The summed E-state index contributed by atoms with van der Waals surface area (Å²) < 4.78 is 0. The summed E-state index contributed by atoms with van der Waals surface area (Å²) in [5.41, 5.74) is 0. The number of aliphatic hydroxyl groups excluding tert-OH is 4. The maximum atomic E-state index is 9.60. The largest absolute Gasteiger partial charge is 0.481 e. The fraction of sp³-hybridized carbons (Fsp3) is 0.812. The van der Waals surface area contributed by atoms with Crippen LogP contribution in [0.2, 0.25) is 0 Å². The zero-order valence-electron chi connectivity index (χ0n) is 15.7. The minimum Gasteiger partial charge on any atom is -0.481 e. The molecule has 0 heterocycles. The SMILES string of the molecule is CCCC(=O)O.CCCC(=O)O.CCCC(=O)O.OC[C@@H](O)[C@@H](O)CO. The number of rotatable bonds is 9. The third-order valence-electron chi connectivity index (χ3n) is 2.21. The van der Waals surface area contributed by atoms with Crippen molar-refractivity contribution in [3.63, 3.8) is 0 Å². The highest BCUT2D eigenvalue weighted by atomic mass is 16.4. The summed E-state index contributed by atoms with van der Waals surface area (Å²) in [6.07, 6.45) is 0.625. The predicted molar refractivity (Wildman–Crippen MR) is 93.8 cm³/mol. The quantitative estimate of drug-likeness (QED) is 0.290. The van der Waals surface area contributed by atoms with Crippen molar-refractivity contribution in [1.82, 2.24) is 0 Å². The molecule has 0 saturated carbocycles. The highest BCUT2D eigenvalue weighted by Crippen LogP contribution is 1.88. The minimum absolute atomic E-state index is 0.292. The average molecular weight is 386 g/mol. The Morgan fingerprint density at radius 1 is 0.615 bits per heavy atom. The van der Waals surface area contributed by atoms with E-state index in [4.69, 9.17) is 35.7 Å². The molecule has 0 aliphatic heterocycles. The lowest BCUT2D eigenvalue weighted by atomic mass is 10.2. The van der Waals surface area contributed by atoms with Gasteiger partial charge in [0.25, 0.3) is 0 Å². The Kier molecular flexibility index (Phi) is 31.3. The Morgan fingerprint density at radius 2 is 0.808 bits per heavy atom. The summed E-state index contributed by atoms with van der Waals surface area (Å²) in [5.74, 6) is -2.13. The molecule has 0 spiro atoms. The van der Waals surface area contributed by atoms with Crippen LogP contribution in [0, 0.1) is 0 Å². The molecule has 0 fully saturated rings. The van der Waals surface area contributed by atoms with Gasteiger partial charge in [0.2, 0.25) is 0 Å². The van der Waals surface area contributed by atoms with E-state index in [0.29, 0.717) is 19.3 Å². The van der Waals surface area contributed by atoms with Gasteiger partial charge < -0.3 is 35.7 Å². The van der Waals surface area contributed by atoms with Crippen molar-refractivity contribution < 1.29 is 50.1 Å². The number of carboxylic acids is 3. The lowest BCUT2D eigenvalue weighted by molar-refractivity contribution is -0.138. The standard InChI is InChI=1S/C4H10O4.3C4H8O2/c5-1-3(7)4(8)2-6;3*1-2-3-4(5)6/h3-8H,1-2H2;3*2-3H2,1H3,(H,5,6)/t3-,4+;;;. The molecule has 0 aromatic carbocycles. The van der Waals surface area contributed by atoms with Crippen LogP contribution in [0.3, 0.4) is 0 Å². The van der Waals surface area contributed by atoms with Crippen LogP contribution >= 0.6 is 0 Å². The molecule has 2 atom stereocenters. The van der Waals surface area contributed by atoms with Crippen molar-refractivity contribution in [1.29, 1.82) is 0 Å². The van der Waals surface area contributed by atoms with Crippen LogP contribution in [0.15, 0.2) is 0 Å². The molecule has 0 amide bonds. The molecule has 0 radical (unpaired) electrons. The van der Waals surface area contributed by atoms with Crippen molar-refractivity contribution >= 4 is 17.9 Å². The molecule has 0 aliphatic carbocycles. The Morgan fingerprint density at radius 3 is 0.846 bits per heavy atom. The van der Waals surface area contributed by atoms with Gasteiger partial charge in [0.1, 0.15) is 12.2 Å². The molecule has 0 saturated heterocycles. The Labute approximate surface area is 153 Å². The maximum Gasteiger partial charge on any atom is 0.303 e. The van der Waals surface area contributed by atoms with Crippen LogP contribution in [-0.2, 0) is 14.4 Å². The van der Waals surface area contributed by atoms with E-state index in [9.17, 15) is 14.4 Å². The number of aliphatic hydroxyl groups is 4. The van der Waals surface area contributed by atoms with Crippen LogP contribution < -0.4 is 0 Å². The lowest BCUT2D eigenvalue weighted by Gasteiger charge is -2.10. The van der Waals surface area contributed by atoms with Crippen molar-refractivity contribution in [2.45, 2.75) is 71.5 Å². The Bertz CT molecular complexity index is 287. The van der Waals surface area contributed by atoms with Crippen molar-refractivity contribution in [2.75, 3.05) is 13.2 Å². The van der Waals surface area contributed by atoms with Gasteiger partial charge in [-0.15, -0.1) is 0 Å². The van der Waals surface area contributed by atoms with Gasteiger partial charge >= 0.3 is 17.9 Å². The van der Waals surface area contributed by atoms with Crippen molar-refractivity contribution in [3.8, 4) is 0 Å². The van der Waals surface area contributed by atoms with E-state index in [1.165, 1.54) is 0 Å². The average Bonchev–Trinajstić information content (AvgIpc) is 2.54. The molecular formula is C16H34O10. The summed E-state index contributed by atoms with van der Waals surface area (Å²) in [5, 5.41) is 56.9. The first-order chi connectivity index (χ1) is 12.0. The van der Waals surface area contributed by atoms with Gasteiger partial charge in [-0.3, -0.25) is 14.4 Å². The molecule has 158 valence electrons. The number of carbonyl (C=O) groups is 3. The van der Waals surface area contributed by atoms with Crippen molar-refractivity contribution in [3.05, 3.63) is 0 Å². The van der Waals surface area contributed by atoms with E-state index in [1.807, 2.05) is 20.8 Å². The van der Waals surface area contributed by atoms with E-state index >= 15 is 0 Å². The lowest BCUT2D eigenvalue weighted by Crippen LogP contribution is -2.31. The van der Waals surface area contributed by atoms with Crippen LogP contribution in [0.1, 0.15) is 59.3 Å². The Balaban J connectivity index is -0.000000125. The van der Waals surface area contributed by atoms with Gasteiger partial charge in [-0.2, -0.15) is 0 Å².